The summed E-state index contributed by atoms with van der Waals surface area (Å²) in [5, 5.41) is 2.66. The summed E-state index contributed by atoms with van der Waals surface area (Å²) in [4.78, 5) is 20.1. The number of amides is 1. The molecule has 2 aliphatic heterocycles. The van der Waals surface area contributed by atoms with Gasteiger partial charge in [0.15, 0.2) is 5.82 Å². The van der Waals surface area contributed by atoms with Crippen LogP contribution in [0.1, 0.15) is 19.3 Å². The molecule has 3 atom stereocenters. The lowest BCUT2D eigenvalue weighted by Crippen LogP contribution is -2.47. The molecule has 2 saturated heterocycles. The summed E-state index contributed by atoms with van der Waals surface area (Å²) in [6, 6.07) is -0.157. The molecule has 120 valence electrons. The predicted molar refractivity (Wildman–Crippen MR) is 78.5 cm³/mol. The van der Waals surface area contributed by atoms with Crippen LogP contribution >= 0.6 is 0 Å². The largest absolute Gasteiger partial charge is 0.363 e. The zero-order valence-electron chi connectivity index (χ0n) is 12.2. The number of ether oxygens (including phenoxy) is 1. The molecule has 8 nitrogen and oxygen atoms in total. The average Bonchev–Trinajstić information content (AvgIpc) is 2.91. The Morgan fingerprint density at radius 3 is 2.86 bits per heavy atom. The smallest absolute Gasteiger partial charge is 0.254 e. The van der Waals surface area contributed by atoms with Gasteiger partial charge in [-0.25, -0.2) is 13.4 Å². The highest BCUT2D eigenvalue weighted by Crippen LogP contribution is 2.33. The number of carbonyl (C=O) groups is 1. The first-order valence-corrected chi connectivity index (χ1v) is 8.99. The van der Waals surface area contributed by atoms with Gasteiger partial charge in [0, 0.05) is 18.9 Å². The van der Waals surface area contributed by atoms with E-state index in [-0.39, 0.29) is 18.1 Å². The SMILES string of the molecule is CS(=O)(=O)N1CC[C@H]2O[C@@H](C(=O)Nc3cnccn3)CC[C@H]21. The van der Waals surface area contributed by atoms with E-state index in [0.717, 1.165) is 0 Å². The Kier molecular flexibility index (Phi) is 4.11. The molecule has 3 rings (SSSR count). The van der Waals surface area contributed by atoms with E-state index < -0.39 is 16.1 Å². The number of aromatic nitrogens is 2. The van der Waals surface area contributed by atoms with Gasteiger partial charge in [0.25, 0.3) is 5.91 Å². The molecule has 2 fully saturated rings. The Labute approximate surface area is 128 Å². The summed E-state index contributed by atoms with van der Waals surface area (Å²) in [7, 11) is -3.22. The van der Waals surface area contributed by atoms with Crippen LogP contribution in [0, 0.1) is 0 Å². The van der Waals surface area contributed by atoms with E-state index >= 15 is 0 Å². The monoisotopic (exact) mass is 326 g/mol. The fourth-order valence-electron chi connectivity index (χ4n) is 3.06. The van der Waals surface area contributed by atoms with E-state index in [2.05, 4.69) is 15.3 Å². The predicted octanol–water partition coefficient (Wildman–Crippen LogP) is -0.00340. The Morgan fingerprint density at radius 2 is 2.18 bits per heavy atom. The van der Waals surface area contributed by atoms with Crippen LogP contribution in [-0.2, 0) is 19.6 Å². The number of nitrogens with zero attached hydrogens (tertiary/aromatic N) is 3. The van der Waals surface area contributed by atoms with Gasteiger partial charge in [-0.15, -0.1) is 0 Å². The molecule has 1 N–H and O–H groups in total. The highest BCUT2D eigenvalue weighted by Gasteiger charge is 2.44. The Bertz CT molecular complexity index is 651. The highest BCUT2D eigenvalue weighted by atomic mass is 32.2. The maximum atomic E-state index is 12.2. The Balaban J connectivity index is 1.62. The van der Waals surface area contributed by atoms with Gasteiger partial charge in [-0.05, 0) is 19.3 Å². The van der Waals surface area contributed by atoms with Crippen LogP contribution in [-0.4, -0.2) is 59.6 Å². The van der Waals surface area contributed by atoms with Gasteiger partial charge in [-0.1, -0.05) is 0 Å². The van der Waals surface area contributed by atoms with E-state index in [0.29, 0.717) is 31.6 Å². The summed E-state index contributed by atoms with van der Waals surface area (Å²) < 4.78 is 30.7. The van der Waals surface area contributed by atoms with Gasteiger partial charge in [0.05, 0.1) is 24.6 Å². The molecule has 0 unspecified atom stereocenters. The topological polar surface area (TPSA) is 101 Å². The summed E-state index contributed by atoms with van der Waals surface area (Å²) >= 11 is 0. The van der Waals surface area contributed by atoms with Crippen molar-refractivity contribution < 1.29 is 17.9 Å². The Morgan fingerprint density at radius 1 is 1.36 bits per heavy atom. The first-order valence-electron chi connectivity index (χ1n) is 7.14. The molecule has 1 aromatic rings. The van der Waals surface area contributed by atoms with E-state index in [1.807, 2.05) is 0 Å². The molecule has 1 amide bonds. The van der Waals surface area contributed by atoms with Crippen molar-refractivity contribution in [2.24, 2.45) is 0 Å². The summed E-state index contributed by atoms with van der Waals surface area (Å²) in [6.45, 7) is 0.451. The van der Waals surface area contributed by atoms with Crippen molar-refractivity contribution in [2.75, 3.05) is 18.1 Å². The summed E-state index contributed by atoms with van der Waals surface area (Å²) in [5.41, 5.74) is 0. The molecule has 3 heterocycles. The fourth-order valence-corrected chi connectivity index (χ4v) is 4.23. The fraction of sp³-hybridized carbons (Fsp3) is 0.615. The number of sulfonamides is 1. The lowest BCUT2D eigenvalue weighted by molar-refractivity contribution is -0.137. The van der Waals surface area contributed by atoms with Gasteiger partial charge < -0.3 is 10.1 Å². The zero-order valence-corrected chi connectivity index (χ0v) is 13.0. The normalized spacial score (nSPS) is 29.0. The third-order valence-electron chi connectivity index (χ3n) is 4.03. The Hall–Kier alpha value is -1.58. The molecule has 1 aromatic heterocycles. The molecule has 0 radical (unpaired) electrons. The van der Waals surface area contributed by atoms with Crippen LogP contribution < -0.4 is 5.32 Å². The second-order valence-corrected chi connectivity index (χ2v) is 7.49. The average molecular weight is 326 g/mol. The first kappa shape index (κ1) is 15.3. The van der Waals surface area contributed by atoms with Gasteiger partial charge in [0.2, 0.25) is 10.0 Å². The summed E-state index contributed by atoms with van der Waals surface area (Å²) in [5.74, 6) is 0.110. The quantitative estimate of drug-likeness (QED) is 0.839. The zero-order chi connectivity index (χ0) is 15.7. The van der Waals surface area contributed by atoms with E-state index in [4.69, 9.17) is 4.74 Å². The number of hydrogen-bond donors (Lipinski definition) is 1. The van der Waals surface area contributed by atoms with Crippen molar-refractivity contribution in [2.45, 2.75) is 37.5 Å². The molecule has 0 aromatic carbocycles. The maximum absolute atomic E-state index is 12.2. The number of anilines is 1. The molecular weight excluding hydrogens is 308 g/mol. The van der Waals surface area contributed by atoms with Crippen LogP contribution in [0.15, 0.2) is 18.6 Å². The van der Waals surface area contributed by atoms with Crippen LogP contribution in [0.4, 0.5) is 5.82 Å². The second-order valence-electron chi connectivity index (χ2n) is 5.55. The lowest BCUT2D eigenvalue weighted by Gasteiger charge is -2.34. The van der Waals surface area contributed by atoms with Crippen molar-refractivity contribution in [3.63, 3.8) is 0 Å². The van der Waals surface area contributed by atoms with Crippen LogP contribution in [0.25, 0.3) is 0 Å². The molecule has 0 spiro atoms. The molecule has 2 aliphatic rings. The van der Waals surface area contributed by atoms with Gasteiger partial charge in [-0.2, -0.15) is 4.31 Å². The summed E-state index contributed by atoms with van der Waals surface area (Å²) in [6.07, 6.45) is 6.61. The third-order valence-corrected chi connectivity index (χ3v) is 5.33. The molecule has 22 heavy (non-hydrogen) atoms. The number of hydrogen-bond acceptors (Lipinski definition) is 6. The number of nitrogens with one attached hydrogen (secondary N) is 1. The highest BCUT2D eigenvalue weighted by molar-refractivity contribution is 7.88. The van der Waals surface area contributed by atoms with E-state index in [1.54, 1.807) is 0 Å². The number of fused-ring (bicyclic) bond motifs is 1. The van der Waals surface area contributed by atoms with Crippen LogP contribution in [0.3, 0.4) is 0 Å². The number of carbonyl (C=O) groups excluding carboxylic acids is 1. The molecular formula is C13H18N4O4S. The minimum absolute atomic E-state index is 0.157. The lowest BCUT2D eigenvalue weighted by atomic mass is 9.99. The second kappa shape index (κ2) is 5.90. The minimum atomic E-state index is -3.22. The molecule has 9 heteroatoms. The van der Waals surface area contributed by atoms with E-state index in [9.17, 15) is 13.2 Å². The van der Waals surface area contributed by atoms with Crippen molar-refractivity contribution in [3.05, 3.63) is 18.6 Å². The van der Waals surface area contributed by atoms with Gasteiger partial charge in [0.1, 0.15) is 6.10 Å². The van der Waals surface area contributed by atoms with Gasteiger partial charge >= 0.3 is 0 Å². The maximum Gasteiger partial charge on any atom is 0.254 e. The molecule has 0 saturated carbocycles. The van der Waals surface area contributed by atoms with Crippen molar-refractivity contribution >= 4 is 21.7 Å². The van der Waals surface area contributed by atoms with Crippen LogP contribution in [0.2, 0.25) is 0 Å². The molecule has 0 aliphatic carbocycles. The first-order chi connectivity index (χ1) is 10.4. The van der Waals surface area contributed by atoms with Crippen LogP contribution in [0.5, 0.6) is 0 Å². The number of rotatable bonds is 3. The standard InChI is InChI=1S/C13H18N4O4S/c1-22(19,20)17-7-4-10-9(17)2-3-11(21-10)13(18)16-12-8-14-5-6-15-12/h5-6,8-11H,2-4,7H2,1H3,(H,15,16,18)/t9-,10-,11-/m1/s1. The third kappa shape index (κ3) is 3.11. The van der Waals surface area contributed by atoms with Crippen molar-refractivity contribution in [1.29, 1.82) is 0 Å². The molecule has 0 bridgehead atoms. The van der Waals surface area contributed by atoms with Crippen molar-refractivity contribution in [3.8, 4) is 0 Å². The minimum Gasteiger partial charge on any atom is -0.363 e. The van der Waals surface area contributed by atoms with E-state index in [1.165, 1.54) is 29.2 Å². The van der Waals surface area contributed by atoms with Gasteiger partial charge in [-0.3, -0.25) is 9.78 Å². The van der Waals surface area contributed by atoms with Crippen molar-refractivity contribution in [1.82, 2.24) is 14.3 Å².